The van der Waals surface area contributed by atoms with Crippen LogP contribution < -0.4 is 15.4 Å². The van der Waals surface area contributed by atoms with E-state index in [1.54, 1.807) is 6.07 Å². The summed E-state index contributed by atoms with van der Waals surface area (Å²) in [5.41, 5.74) is 1.56. The van der Waals surface area contributed by atoms with Gasteiger partial charge in [0.05, 0.1) is 12.3 Å². The predicted molar refractivity (Wildman–Crippen MR) is 108 cm³/mol. The minimum atomic E-state index is -0.660. The van der Waals surface area contributed by atoms with Crippen molar-refractivity contribution in [2.75, 3.05) is 38.1 Å². The molecule has 1 aliphatic heterocycles. The smallest absolute Gasteiger partial charge is 0.313 e. The normalized spacial score (nSPS) is 17.4. The highest BCUT2D eigenvalue weighted by atomic mass is 16.5. The van der Waals surface area contributed by atoms with Crippen molar-refractivity contribution in [3.8, 4) is 5.75 Å². The molecule has 1 fully saturated rings. The van der Waals surface area contributed by atoms with Crippen molar-refractivity contribution in [2.24, 2.45) is 5.92 Å². The molecule has 27 heavy (non-hydrogen) atoms. The Bertz CT molecular complexity index is 633. The van der Waals surface area contributed by atoms with Crippen LogP contribution in [0.25, 0.3) is 0 Å². The molecule has 2 rings (SSSR count). The predicted octanol–water partition coefficient (Wildman–Crippen LogP) is 2.96. The Balaban J connectivity index is 1.76. The van der Waals surface area contributed by atoms with Crippen molar-refractivity contribution < 1.29 is 14.3 Å². The Labute approximate surface area is 162 Å². The van der Waals surface area contributed by atoms with Crippen LogP contribution in [0.1, 0.15) is 45.1 Å². The van der Waals surface area contributed by atoms with E-state index in [1.807, 2.05) is 26.0 Å². The van der Waals surface area contributed by atoms with Crippen LogP contribution in [0.15, 0.2) is 18.2 Å². The number of carbonyl (C=O) groups excluding carboxylic acids is 2. The number of carbonyl (C=O) groups is 2. The lowest BCUT2D eigenvalue weighted by Gasteiger charge is -2.30. The number of nitrogens with zero attached hydrogens (tertiary/aromatic N) is 1. The second-order valence-corrected chi connectivity index (χ2v) is 7.46. The number of rotatable bonds is 8. The van der Waals surface area contributed by atoms with Gasteiger partial charge in [0.2, 0.25) is 0 Å². The highest BCUT2D eigenvalue weighted by Crippen LogP contribution is 2.25. The third kappa shape index (κ3) is 7.21. The number of hydrogen-bond acceptors (Lipinski definition) is 4. The minimum Gasteiger partial charge on any atom is -0.491 e. The van der Waals surface area contributed by atoms with E-state index in [1.165, 1.54) is 12.8 Å². The Morgan fingerprint density at radius 1 is 1.30 bits per heavy atom. The molecule has 150 valence electrons. The number of hydrogen-bond donors (Lipinski definition) is 2. The van der Waals surface area contributed by atoms with Crippen LogP contribution in [0.5, 0.6) is 5.75 Å². The van der Waals surface area contributed by atoms with Gasteiger partial charge in [-0.1, -0.05) is 19.9 Å². The molecule has 2 amide bonds. The van der Waals surface area contributed by atoms with Crippen LogP contribution in [0.3, 0.4) is 0 Å². The van der Waals surface area contributed by atoms with Crippen molar-refractivity contribution >= 4 is 17.5 Å². The first-order valence-corrected chi connectivity index (χ1v) is 10.0. The first-order chi connectivity index (χ1) is 13.0. The van der Waals surface area contributed by atoms with Crippen molar-refractivity contribution in [3.05, 3.63) is 23.8 Å². The summed E-state index contributed by atoms with van der Waals surface area (Å²) in [5.74, 6) is 0.0748. The van der Waals surface area contributed by atoms with E-state index < -0.39 is 11.8 Å². The number of ether oxygens (including phenoxy) is 1. The van der Waals surface area contributed by atoms with Crippen LogP contribution in [0, 0.1) is 12.8 Å². The molecule has 6 heteroatoms. The third-order valence-corrected chi connectivity index (χ3v) is 4.73. The number of aryl methyl sites for hydroxylation is 1. The van der Waals surface area contributed by atoms with Crippen LogP contribution in [0.4, 0.5) is 5.69 Å². The number of piperidine rings is 1. The Hall–Kier alpha value is -2.08. The average Bonchev–Trinajstić information content (AvgIpc) is 2.65. The van der Waals surface area contributed by atoms with Gasteiger partial charge in [-0.2, -0.15) is 0 Å². The lowest BCUT2D eigenvalue weighted by atomic mass is 10.0. The van der Waals surface area contributed by atoms with Gasteiger partial charge in [-0.3, -0.25) is 9.59 Å². The van der Waals surface area contributed by atoms with Crippen LogP contribution in [-0.2, 0) is 9.59 Å². The first-order valence-electron chi connectivity index (χ1n) is 10.0. The number of likely N-dealkylation sites (tertiary alicyclic amines) is 1. The fraction of sp³-hybridized carbons (Fsp3) is 0.619. The third-order valence-electron chi connectivity index (χ3n) is 4.73. The molecule has 0 bridgehead atoms. The molecule has 1 heterocycles. The zero-order chi connectivity index (χ0) is 19.6. The lowest BCUT2D eigenvalue weighted by Crippen LogP contribution is -2.39. The summed E-state index contributed by atoms with van der Waals surface area (Å²) < 4.78 is 5.67. The summed E-state index contributed by atoms with van der Waals surface area (Å²) in [4.78, 5) is 26.7. The van der Waals surface area contributed by atoms with Gasteiger partial charge in [0.1, 0.15) is 5.75 Å². The van der Waals surface area contributed by atoms with Crippen molar-refractivity contribution in [2.45, 2.75) is 46.5 Å². The number of nitrogens with one attached hydrogen (secondary N) is 2. The molecule has 1 aromatic carbocycles. The van der Waals surface area contributed by atoms with E-state index >= 15 is 0 Å². The van der Waals surface area contributed by atoms with E-state index in [2.05, 4.69) is 22.5 Å². The summed E-state index contributed by atoms with van der Waals surface area (Å²) >= 11 is 0. The Kier molecular flexibility index (Phi) is 8.58. The highest BCUT2D eigenvalue weighted by Gasteiger charge is 2.17. The summed E-state index contributed by atoms with van der Waals surface area (Å²) in [6.07, 6.45) is 4.27. The molecule has 0 saturated carbocycles. The van der Waals surface area contributed by atoms with E-state index in [-0.39, 0.29) is 0 Å². The summed E-state index contributed by atoms with van der Waals surface area (Å²) in [7, 11) is 0. The quantitative estimate of drug-likeness (QED) is 0.541. The molecule has 0 aromatic heterocycles. The molecule has 1 aliphatic rings. The maximum Gasteiger partial charge on any atom is 0.313 e. The van der Waals surface area contributed by atoms with Gasteiger partial charge >= 0.3 is 11.8 Å². The molecule has 0 aliphatic carbocycles. The van der Waals surface area contributed by atoms with Crippen LogP contribution in [-0.4, -0.2) is 49.5 Å². The zero-order valence-electron chi connectivity index (χ0n) is 16.8. The molecule has 1 unspecified atom stereocenters. The van der Waals surface area contributed by atoms with Crippen LogP contribution >= 0.6 is 0 Å². The van der Waals surface area contributed by atoms with Gasteiger partial charge in [0.15, 0.2) is 0 Å². The van der Waals surface area contributed by atoms with Gasteiger partial charge in [-0.25, -0.2) is 0 Å². The standard InChI is InChI=1S/C21H33N3O3/c1-4-13-27-19-14-16(2)8-9-18(19)23-21(26)20(25)22-10-6-12-24-11-5-7-17(3)15-24/h8-9,14,17H,4-7,10-13,15H2,1-3H3,(H,22,25)(H,23,26). The van der Waals surface area contributed by atoms with Gasteiger partial charge in [0, 0.05) is 13.1 Å². The van der Waals surface area contributed by atoms with E-state index in [0.29, 0.717) is 24.6 Å². The number of benzene rings is 1. The van der Waals surface area contributed by atoms with Crippen molar-refractivity contribution in [1.29, 1.82) is 0 Å². The van der Waals surface area contributed by atoms with Crippen molar-refractivity contribution in [3.63, 3.8) is 0 Å². The van der Waals surface area contributed by atoms with E-state index in [0.717, 1.165) is 44.0 Å². The van der Waals surface area contributed by atoms with Gasteiger partial charge in [-0.15, -0.1) is 0 Å². The molecule has 0 radical (unpaired) electrons. The lowest BCUT2D eigenvalue weighted by molar-refractivity contribution is -0.136. The minimum absolute atomic E-state index is 0.504. The molecule has 1 atom stereocenters. The van der Waals surface area contributed by atoms with Crippen LogP contribution in [0.2, 0.25) is 0 Å². The fourth-order valence-electron chi connectivity index (χ4n) is 3.32. The second kappa shape index (κ2) is 10.9. The van der Waals surface area contributed by atoms with Gasteiger partial charge in [-0.05, 0) is 69.3 Å². The summed E-state index contributed by atoms with van der Waals surface area (Å²) in [6, 6.07) is 5.51. The molecule has 2 N–H and O–H groups in total. The number of amides is 2. The highest BCUT2D eigenvalue weighted by molar-refractivity contribution is 6.39. The topological polar surface area (TPSA) is 70.7 Å². The molecular weight excluding hydrogens is 342 g/mol. The largest absolute Gasteiger partial charge is 0.491 e. The molecule has 1 saturated heterocycles. The maximum absolute atomic E-state index is 12.2. The van der Waals surface area contributed by atoms with Gasteiger partial charge < -0.3 is 20.3 Å². The van der Waals surface area contributed by atoms with E-state index in [9.17, 15) is 9.59 Å². The number of anilines is 1. The first kappa shape index (κ1) is 21.2. The summed E-state index contributed by atoms with van der Waals surface area (Å²) in [6.45, 7) is 10.5. The maximum atomic E-state index is 12.2. The Morgan fingerprint density at radius 2 is 2.11 bits per heavy atom. The fourth-order valence-corrected chi connectivity index (χ4v) is 3.32. The average molecular weight is 376 g/mol. The molecule has 0 spiro atoms. The van der Waals surface area contributed by atoms with Gasteiger partial charge in [0.25, 0.3) is 0 Å². The SMILES string of the molecule is CCCOc1cc(C)ccc1NC(=O)C(=O)NCCCN1CCCC(C)C1. The van der Waals surface area contributed by atoms with Crippen molar-refractivity contribution in [1.82, 2.24) is 10.2 Å². The molecule has 1 aromatic rings. The molecular formula is C21H33N3O3. The second-order valence-electron chi connectivity index (χ2n) is 7.46. The zero-order valence-corrected chi connectivity index (χ0v) is 16.8. The van der Waals surface area contributed by atoms with E-state index in [4.69, 9.17) is 4.74 Å². The summed E-state index contributed by atoms with van der Waals surface area (Å²) in [5, 5.41) is 5.37. The Morgan fingerprint density at radius 3 is 2.85 bits per heavy atom. The molecule has 6 nitrogen and oxygen atoms in total. The monoisotopic (exact) mass is 375 g/mol.